The summed E-state index contributed by atoms with van der Waals surface area (Å²) in [7, 11) is 0. The van der Waals surface area contributed by atoms with Gasteiger partial charge in [0.2, 0.25) is 0 Å². The van der Waals surface area contributed by atoms with Crippen molar-refractivity contribution >= 4 is 56.4 Å². The van der Waals surface area contributed by atoms with Crippen LogP contribution in [0.25, 0.3) is 0 Å². The summed E-state index contributed by atoms with van der Waals surface area (Å²) >= 11 is 16.6. The Balaban J connectivity index is 2.38. The van der Waals surface area contributed by atoms with Gasteiger partial charge in [0.25, 0.3) is 0 Å². The molecule has 1 N–H and O–H groups in total. The standard InChI is InChI=1S/C13H9BrCl2O2S/c1-6-10(19-12(11(6)14)13(17)18)4-7-2-3-8(15)5-9(7)16/h2-3,5H,4H2,1H3,(H,17,18). The molecule has 100 valence electrons. The van der Waals surface area contributed by atoms with Gasteiger partial charge in [-0.2, -0.15) is 0 Å². The van der Waals surface area contributed by atoms with E-state index in [1.54, 1.807) is 12.1 Å². The van der Waals surface area contributed by atoms with Crippen molar-refractivity contribution in [2.45, 2.75) is 13.3 Å². The average Bonchev–Trinajstić information content (AvgIpc) is 2.61. The Morgan fingerprint density at radius 1 is 1.42 bits per heavy atom. The first-order valence-corrected chi connectivity index (χ1v) is 7.71. The number of thiophene rings is 1. The van der Waals surface area contributed by atoms with Crippen LogP contribution in [0.1, 0.15) is 25.7 Å². The van der Waals surface area contributed by atoms with E-state index in [1.165, 1.54) is 11.3 Å². The maximum absolute atomic E-state index is 11.1. The van der Waals surface area contributed by atoms with E-state index in [9.17, 15) is 4.79 Å². The molecule has 1 aromatic carbocycles. The van der Waals surface area contributed by atoms with Gasteiger partial charge in [0.1, 0.15) is 4.88 Å². The Morgan fingerprint density at radius 3 is 2.63 bits per heavy atom. The molecule has 0 saturated carbocycles. The highest BCUT2D eigenvalue weighted by atomic mass is 79.9. The first-order chi connectivity index (χ1) is 8.90. The fraction of sp³-hybridized carbons (Fsp3) is 0.154. The zero-order valence-electron chi connectivity index (χ0n) is 9.84. The van der Waals surface area contributed by atoms with Gasteiger partial charge in [-0.15, -0.1) is 11.3 Å². The van der Waals surface area contributed by atoms with Crippen molar-refractivity contribution in [1.82, 2.24) is 0 Å². The molecule has 0 unspecified atom stereocenters. The summed E-state index contributed by atoms with van der Waals surface area (Å²) in [5.74, 6) is -0.923. The molecule has 0 aliphatic rings. The Kier molecular flexibility index (Phi) is 4.56. The second kappa shape index (κ2) is 5.83. The third kappa shape index (κ3) is 3.14. The van der Waals surface area contributed by atoms with E-state index in [0.717, 1.165) is 16.0 Å². The largest absolute Gasteiger partial charge is 0.477 e. The summed E-state index contributed by atoms with van der Waals surface area (Å²) in [6.07, 6.45) is 0.596. The Bertz CT molecular complexity index is 652. The van der Waals surface area contributed by atoms with Crippen molar-refractivity contribution in [3.05, 3.63) is 53.6 Å². The van der Waals surface area contributed by atoms with Crippen LogP contribution in [-0.4, -0.2) is 11.1 Å². The lowest BCUT2D eigenvalue weighted by Gasteiger charge is -2.04. The molecular formula is C13H9BrCl2O2S. The molecule has 0 spiro atoms. The molecule has 19 heavy (non-hydrogen) atoms. The van der Waals surface area contributed by atoms with E-state index in [0.29, 0.717) is 25.8 Å². The maximum atomic E-state index is 11.1. The number of aromatic carboxylic acids is 1. The predicted molar refractivity (Wildman–Crippen MR) is 83.0 cm³/mol. The van der Waals surface area contributed by atoms with Gasteiger partial charge in [-0.3, -0.25) is 0 Å². The predicted octanol–water partition coefficient (Wildman–Crippen LogP) is 5.41. The maximum Gasteiger partial charge on any atom is 0.347 e. The zero-order chi connectivity index (χ0) is 14.2. The van der Waals surface area contributed by atoms with Crippen LogP contribution in [0.5, 0.6) is 0 Å². The van der Waals surface area contributed by atoms with Crippen molar-refractivity contribution in [1.29, 1.82) is 0 Å². The van der Waals surface area contributed by atoms with Gasteiger partial charge in [0.15, 0.2) is 0 Å². The van der Waals surface area contributed by atoms with Gasteiger partial charge in [-0.25, -0.2) is 4.79 Å². The number of hydrogen-bond acceptors (Lipinski definition) is 2. The highest BCUT2D eigenvalue weighted by Crippen LogP contribution is 2.35. The quantitative estimate of drug-likeness (QED) is 0.773. The van der Waals surface area contributed by atoms with Crippen LogP contribution < -0.4 is 0 Å². The minimum absolute atomic E-state index is 0.317. The van der Waals surface area contributed by atoms with Crippen LogP contribution >= 0.6 is 50.5 Å². The Labute approximate surface area is 133 Å². The van der Waals surface area contributed by atoms with Crippen molar-refractivity contribution in [3.8, 4) is 0 Å². The number of hydrogen-bond donors (Lipinski definition) is 1. The molecule has 2 rings (SSSR count). The van der Waals surface area contributed by atoms with Gasteiger partial charge in [-0.1, -0.05) is 29.3 Å². The lowest BCUT2D eigenvalue weighted by Crippen LogP contribution is -1.92. The number of carboxylic acids is 1. The highest BCUT2D eigenvalue weighted by Gasteiger charge is 2.18. The van der Waals surface area contributed by atoms with Gasteiger partial charge in [-0.05, 0) is 46.1 Å². The lowest BCUT2D eigenvalue weighted by atomic mass is 10.1. The summed E-state index contributed by atoms with van der Waals surface area (Å²) in [5.41, 5.74) is 1.87. The molecule has 0 fully saturated rings. The topological polar surface area (TPSA) is 37.3 Å². The number of rotatable bonds is 3. The normalized spacial score (nSPS) is 10.7. The first-order valence-electron chi connectivity index (χ1n) is 5.35. The summed E-state index contributed by atoms with van der Waals surface area (Å²) in [6, 6.07) is 5.32. The van der Waals surface area contributed by atoms with E-state index >= 15 is 0 Å². The molecule has 0 aliphatic heterocycles. The molecular weight excluding hydrogens is 371 g/mol. The van der Waals surface area contributed by atoms with Crippen molar-refractivity contribution < 1.29 is 9.90 Å². The number of carboxylic acid groups (broad SMARTS) is 1. The van der Waals surface area contributed by atoms with Crippen LogP contribution in [0.4, 0.5) is 0 Å². The Hall–Kier alpha value is -0.550. The fourth-order valence-corrected chi connectivity index (χ4v) is 4.00. The summed E-state index contributed by atoms with van der Waals surface area (Å²) < 4.78 is 0.644. The van der Waals surface area contributed by atoms with Crippen LogP contribution in [0.3, 0.4) is 0 Å². The summed E-state index contributed by atoms with van der Waals surface area (Å²) in [6.45, 7) is 1.90. The molecule has 1 aromatic heterocycles. The van der Waals surface area contributed by atoms with E-state index in [2.05, 4.69) is 15.9 Å². The SMILES string of the molecule is Cc1c(Cc2ccc(Cl)cc2Cl)sc(C(=O)O)c1Br. The first kappa shape index (κ1) is 14.9. The number of halogens is 3. The molecule has 0 amide bonds. The van der Waals surface area contributed by atoms with E-state index < -0.39 is 5.97 Å². The summed E-state index contributed by atoms with van der Waals surface area (Å²) in [5, 5.41) is 10.3. The molecule has 0 bridgehead atoms. The molecule has 2 aromatic rings. The number of carbonyl (C=O) groups is 1. The third-order valence-electron chi connectivity index (χ3n) is 2.73. The van der Waals surface area contributed by atoms with Crippen LogP contribution in [0, 0.1) is 6.92 Å². The van der Waals surface area contributed by atoms with Gasteiger partial charge < -0.3 is 5.11 Å². The smallest absolute Gasteiger partial charge is 0.347 e. The molecule has 2 nitrogen and oxygen atoms in total. The van der Waals surface area contributed by atoms with Gasteiger partial charge >= 0.3 is 5.97 Å². The third-order valence-corrected chi connectivity index (χ3v) is 5.85. The van der Waals surface area contributed by atoms with Crippen molar-refractivity contribution in [2.75, 3.05) is 0 Å². The molecule has 1 heterocycles. The molecule has 0 aliphatic carbocycles. The second-order valence-electron chi connectivity index (χ2n) is 4.01. The Morgan fingerprint density at radius 2 is 2.11 bits per heavy atom. The lowest BCUT2D eigenvalue weighted by molar-refractivity contribution is 0.0701. The van der Waals surface area contributed by atoms with Crippen LogP contribution in [-0.2, 0) is 6.42 Å². The monoisotopic (exact) mass is 378 g/mol. The highest BCUT2D eigenvalue weighted by molar-refractivity contribution is 9.10. The second-order valence-corrected chi connectivity index (χ2v) is 6.75. The minimum atomic E-state index is -0.923. The van der Waals surface area contributed by atoms with Crippen molar-refractivity contribution in [2.24, 2.45) is 0 Å². The van der Waals surface area contributed by atoms with Gasteiger partial charge in [0, 0.05) is 25.8 Å². The number of benzene rings is 1. The minimum Gasteiger partial charge on any atom is -0.477 e. The molecule has 0 radical (unpaired) electrons. The fourth-order valence-electron chi connectivity index (χ4n) is 1.68. The van der Waals surface area contributed by atoms with Crippen LogP contribution in [0.2, 0.25) is 10.0 Å². The van der Waals surface area contributed by atoms with E-state index in [1.807, 2.05) is 13.0 Å². The van der Waals surface area contributed by atoms with Crippen molar-refractivity contribution in [3.63, 3.8) is 0 Å². The van der Waals surface area contributed by atoms with Crippen LogP contribution in [0.15, 0.2) is 22.7 Å². The van der Waals surface area contributed by atoms with E-state index in [-0.39, 0.29) is 0 Å². The molecule has 6 heteroatoms. The zero-order valence-corrected chi connectivity index (χ0v) is 13.8. The van der Waals surface area contributed by atoms with Gasteiger partial charge in [0.05, 0.1) is 0 Å². The molecule has 0 atom stereocenters. The van der Waals surface area contributed by atoms with E-state index in [4.69, 9.17) is 28.3 Å². The molecule has 0 saturated heterocycles. The average molecular weight is 380 g/mol. The summed E-state index contributed by atoms with van der Waals surface area (Å²) in [4.78, 5) is 12.4.